The molecule has 2 aromatic carbocycles. The van der Waals surface area contributed by atoms with Gasteiger partial charge in [0.2, 0.25) is 0 Å². The summed E-state index contributed by atoms with van der Waals surface area (Å²) in [5, 5.41) is 13.5. The van der Waals surface area contributed by atoms with Crippen molar-refractivity contribution >= 4 is 23.2 Å². The Balaban J connectivity index is 1.99. The van der Waals surface area contributed by atoms with E-state index in [1.807, 2.05) is 24.3 Å². The van der Waals surface area contributed by atoms with Crippen LogP contribution in [0, 0.1) is 0 Å². The molecule has 0 radical (unpaired) electrons. The molecule has 5 nitrogen and oxygen atoms in total. The summed E-state index contributed by atoms with van der Waals surface area (Å²) in [5.74, 6) is 0.924. The predicted octanol–water partition coefficient (Wildman–Crippen LogP) is 2.81. The maximum atomic E-state index is 10.1. The van der Waals surface area contributed by atoms with Gasteiger partial charge in [0.15, 0.2) is 5.96 Å². The highest BCUT2D eigenvalue weighted by Crippen LogP contribution is 2.22. The van der Waals surface area contributed by atoms with Gasteiger partial charge in [0.25, 0.3) is 0 Å². The number of hydrogen-bond donors (Lipinski definition) is 3. The third-order valence-corrected chi connectivity index (χ3v) is 3.39. The molecule has 2 rings (SSSR count). The normalized spacial score (nSPS) is 12.8. The molecule has 116 valence electrons. The van der Waals surface area contributed by atoms with E-state index in [4.69, 9.17) is 22.1 Å². The van der Waals surface area contributed by atoms with E-state index in [2.05, 4.69) is 10.3 Å². The molecule has 1 unspecified atom stereocenters. The molecule has 0 saturated heterocycles. The zero-order chi connectivity index (χ0) is 15.9. The number of hydrogen-bond acceptors (Lipinski definition) is 3. The number of aliphatic hydroxyl groups is 1. The minimum atomic E-state index is -0.806. The highest BCUT2D eigenvalue weighted by molar-refractivity contribution is 6.31. The average molecular weight is 320 g/mol. The fourth-order valence-electron chi connectivity index (χ4n) is 1.92. The number of nitrogens with one attached hydrogen (secondary N) is 1. The number of aliphatic imine (C=N–C) groups is 1. The Hall–Kier alpha value is -2.24. The van der Waals surface area contributed by atoms with E-state index in [1.54, 1.807) is 31.4 Å². The van der Waals surface area contributed by atoms with E-state index in [9.17, 15) is 5.11 Å². The Morgan fingerprint density at radius 3 is 2.82 bits per heavy atom. The maximum absolute atomic E-state index is 10.1. The molecular formula is C16H18ClN3O2. The molecule has 0 aliphatic carbocycles. The summed E-state index contributed by atoms with van der Waals surface area (Å²) in [6.45, 7) is 0.118. The molecule has 0 amide bonds. The van der Waals surface area contributed by atoms with Crippen LogP contribution in [-0.2, 0) is 0 Å². The lowest BCUT2D eigenvalue weighted by Gasteiger charge is -2.11. The Morgan fingerprint density at radius 2 is 2.09 bits per heavy atom. The first-order chi connectivity index (χ1) is 10.6. The van der Waals surface area contributed by atoms with Gasteiger partial charge >= 0.3 is 0 Å². The Bertz CT molecular complexity index is 661. The van der Waals surface area contributed by atoms with Gasteiger partial charge < -0.3 is 20.9 Å². The smallest absolute Gasteiger partial charge is 0.193 e. The first kappa shape index (κ1) is 16.1. The summed E-state index contributed by atoms with van der Waals surface area (Å²) in [6.07, 6.45) is -0.806. The third-order valence-electron chi connectivity index (χ3n) is 3.04. The average Bonchev–Trinajstić information content (AvgIpc) is 2.53. The quantitative estimate of drug-likeness (QED) is 0.585. The molecule has 0 aliphatic heterocycles. The Morgan fingerprint density at radius 1 is 1.32 bits per heavy atom. The predicted molar refractivity (Wildman–Crippen MR) is 89.5 cm³/mol. The van der Waals surface area contributed by atoms with E-state index >= 15 is 0 Å². The summed E-state index contributed by atoms with van der Waals surface area (Å²) in [4.78, 5) is 4.13. The van der Waals surface area contributed by atoms with E-state index in [1.165, 1.54) is 0 Å². The van der Waals surface area contributed by atoms with E-state index in [0.29, 0.717) is 16.3 Å². The van der Waals surface area contributed by atoms with Crippen molar-refractivity contribution in [3.63, 3.8) is 0 Å². The summed E-state index contributed by atoms with van der Waals surface area (Å²) in [7, 11) is 1.59. The zero-order valence-electron chi connectivity index (χ0n) is 12.2. The van der Waals surface area contributed by atoms with Gasteiger partial charge in [0.05, 0.1) is 13.7 Å². The number of ether oxygens (including phenoxy) is 1. The first-order valence-corrected chi connectivity index (χ1v) is 7.11. The van der Waals surface area contributed by atoms with Crippen molar-refractivity contribution in [1.82, 2.24) is 0 Å². The van der Waals surface area contributed by atoms with Crippen LogP contribution in [0.3, 0.4) is 0 Å². The highest BCUT2D eigenvalue weighted by atomic mass is 35.5. The SMILES string of the molecule is COc1cccc(NC(N)=NCC(O)c2ccccc2Cl)c1. The van der Waals surface area contributed by atoms with Gasteiger partial charge in [-0.1, -0.05) is 35.9 Å². The molecule has 0 spiro atoms. The lowest BCUT2D eigenvalue weighted by Crippen LogP contribution is -2.23. The second-order valence-corrected chi connectivity index (χ2v) is 5.03. The lowest BCUT2D eigenvalue weighted by molar-refractivity contribution is 0.187. The molecular weight excluding hydrogens is 302 g/mol. The van der Waals surface area contributed by atoms with Crippen molar-refractivity contribution in [2.24, 2.45) is 10.7 Å². The number of halogens is 1. The van der Waals surface area contributed by atoms with Crippen molar-refractivity contribution in [3.05, 3.63) is 59.1 Å². The van der Waals surface area contributed by atoms with Crippen molar-refractivity contribution in [2.75, 3.05) is 19.0 Å². The van der Waals surface area contributed by atoms with Crippen LogP contribution in [-0.4, -0.2) is 24.7 Å². The topological polar surface area (TPSA) is 79.9 Å². The Kier molecular flexibility index (Phi) is 5.63. The summed E-state index contributed by atoms with van der Waals surface area (Å²) >= 11 is 6.03. The molecule has 6 heteroatoms. The van der Waals surface area contributed by atoms with Crippen LogP contribution in [0.1, 0.15) is 11.7 Å². The molecule has 0 fully saturated rings. The van der Waals surface area contributed by atoms with Crippen molar-refractivity contribution < 1.29 is 9.84 Å². The van der Waals surface area contributed by atoms with E-state index < -0.39 is 6.10 Å². The van der Waals surface area contributed by atoms with Gasteiger partial charge in [0.1, 0.15) is 11.9 Å². The maximum Gasteiger partial charge on any atom is 0.193 e. The number of rotatable bonds is 5. The second-order valence-electron chi connectivity index (χ2n) is 4.62. The van der Waals surface area contributed by atoms with E-state index in [0.717, 1.165) is 5.69 Å². The number of methoxy groups -OCH3 is 1. The van der Waals surface area contributed by atoms with Gasteiger partial charge in [-0.05, 0) is 18.2 Å². The summed E-state index contributed by atoms with van der Waals surface area (Å²) < 4.78 is 5.13. The van der Waals surface area contributed by atoms with Crippen LogP contribution in [0.25, 0.3) is 0 Å². The Labute approximate surface area is 134 Å². The number of benzene rings is 2. The summed E-state index contributed by atoms with van der Waals surface area (Å²) in [6, 6.07) is 14.4. The first-order valence-electron chi connectivity index (χ1n) is 6.73. The van der Waals surface area contributed by atoms with Crippen molar-refractivity contribution in [3.8, 4) is 5.75 Å². The molecule has 2 aromatic rings. The molecule has 0 aliphatic rings. The van der Waals surface area contributed by atoms with Crippen LogP contribution in [0.15, 0.2) is 53.5 Å². The zero-order valence-corrected chi connectivity index (χ0v) is 12.9. The second kappa shape index (κ2) is 7.68. The number of aliphatic hydroxyl groups excluding tert-OH is 1. The van der Waals surface area contributed by atoms with Crippen LogP contribution in [0.5, 0.6) is 5.75 Å². The fourth-order valence-corrected chi connectivity index (χ4v) is 2.18. The number of nitrogens with zero attached hydrogens (tertiary/aromatic N) is 1. The number of guanidine groups is 1. The monoisotopic (exact) mass is 319 g/mol. The molecule has 4 N–H and O–H groups in total. The van der Waals surface area contributed by atoms with Crippen LogP contribution in [0.4, 0.5) is 5.69 Å². The van der Waals surface area contributed by atoms with Crippen molar-refractivity contribution in [1.29, 1.82) is 0 Å². The number of anilines is 1. The van der Waals surface area contributed by atoms with Crippen LogP contribution in [0.2, 0.25) is 5.02 Å². The lowest BCUT2D eigenvalue weighted by atomic mass is 10.1. The molecule has 0 aromatic heterocycles. The minimum Gasteiger partial charge on any atom is -0.497 e. The molecule has 1 atom stereocenters. The fraction of sp³-hybridized carbons (Fsp3) is 0.188. The van der Waals surface area contributed by atoms with Gasteiger partial charge in [-0.15, -0.1) is 0 Å². The standard InChI is InChI=1S/C16H18ClN3O2/c1-22-12-6-4-5-11(9-12)20-16(18)19-10-15(21)13-7-2-3-8-14(13)17/h2-9,15,21H,10H2,1H3,(H3,18,19,20). The highest BCUT2D eigenvalue weighted by Gasteiger charge is 2.10. The molecule has 22 heavy (non-hydrogen) atoms. The van der Waals surface area contributed by atoms with Crippen LogP contribution < -0.4 is 15.8 Å². The number of nitrogens with two attached hydrogens (primary N) is 1. The van der Waals surface area contributed by atoms with Gasteiger partial charge in [-0.25, -0.2) is 0 Å². The van der Waals surface area contributed by atoms with Gasteiger partial charge in [-0.2, -0.15) is 0 Å². The van der Waals surface area contributed by atoms with Gasteiger partial charge in [0, 0.05) is 22.3 Å². The molecule has 0 saturated carbocycles. The molecule has 0 heterocycles. The third kappa shape index (κ3) is 4.38. The summed E-state index contributed by atoms with van der Waals surface area (Å²) in [5.41, 5.74) is 7.20. The largest absolute Gasteiger partial charge is 0.497 e. The van der Waals surface area contributed by atoms with Crippen LogP contribution >= 0.6 is 11.6 Å². The molecule has 0 bridgehead atoms. The minimum absolute atomic E-state index is 0.118. The van der Waals surface area contributed by atoms with Crippen molar-refractivity contribution in [2.45, 2.75) is 6.10 Å². The van der Waals surface area contributed by atoms with E-state index in [-0.39, 0.29) is 12.5 Å². The van der Waals surface area contributed by atoms with Gasteiger partial charge in [-0.3, -0.25) is 4.99 Å².